The second kappa shape index (κ2) is 11.7. The van der Waals surface area contributed by atoms with Crippen LogP contribution in [0.15, 0.2) is 35.1 Å². The summed E-state index contributed by atoms with van der Waals surface area (Å²) in [4.78, 5) is 55.9. The molecular weight excluding hydrogens is 641 g/mol. The fourth-order valence-electron chi connectivity index (χ4n) is 4.63. The first-order chi connectivity index (χ1) is 19.6. The number of pyridine rings is 1. The van der Waals surface area contributed by atoms with Gasteiger partial charge in [-0.05, 0) is 12.1 Å². The summed E-state index contributed by atoms with van der Waals surface area (Å²) in [7, 11) is 1.58. The van der Waals surface area contributed by atoms with Crippen LogP contribution in [0.3, 0.4) is 0 Å². The SMILES string of the molecule is CNc1cncc(C(=O)N2CC(Nc3c(C(=O)N4CCN(CC(F)(F)F)C(=O)C4)cc(Br)cc3[N+](=O)[O-])C(F)(F)C2)c1. The van der Waals surface area contributed by atoms with E-state index in [1.807, 2.05) is 0 Å². The van der Waals surface area contributed by atoms with Crippen LogP contribution in [0.2, 0.25) is 0 Å². The summed E-state index contributed by atoms with van der Waals surface area (Å²) in [5.74, 6) is -6.35. The third-order valence-electron chi connectivity index (χ3n) is 6.68. The smallest absolute Gasteiger partial charge is 0.387 e. The maximum Gasteiger partial charge on any atom is 0.406 e. The van der Waals surface area contributed by atoms with Crippen LogP contribution in [0.4, 0.5) is 39.0 Å². The van der Waals surface area contributed by atoms with Gasteiger partial charge in [-0.25, -0.2) is 8.78 Å². The number of nitrogens with zero attached hydrogens (tertiary/aromatic N) is 5. The molecule has 226 valence electrons. The Morgan fingerprint density at radius 3 is 2.50 bits per heavy atom. The summed E-state index contributed by atoms with van der Waals surface area (Å²) in [6, 6.07) is 1.66. The van der Waals surface area contributed by atoms with E-state index in [9.17, 15) is 37.7 Å². The minimum absolute atomic E-state index is 0.0260. The molecule has 1 atom stereocenters. The summed E-state index contributed by atoms with van der Waals surface area (Å²) in [6.45, 7) is -4.67. The van der Waals surface area contributed by atoms with E-state index in [0.717, 1.165) is 21.9 Å². The highest BCUT2D eigenvalue weighted by Crippen LogP contribution is 2.38. The number of hydrogen-bond acceptors (Lipinski definition) is 8. The lowest BCUT2D eigenvalue weighted by Crippen LogP contribution is -2.54. The predicted octanol–water partition coefficient (Wildman–Crippen LogP) is 3.21. The quantitative estimate of drug-likeness (QED) is 0.261. The second-order valence-corrected chi connectivity index (χ2v) is 10.5. The van der Waals surface area contributed by atoms with Crippen molar-refractivity contribution in [1.29, 1.82) is 0 Å². The van der Waals surface area contributed by atoms with E-state index in [1.165, 1.54) is 18.5 Å². The van der Waals surface area contributed by atoms with Crippen LogP contribution in [0.1, 0.15) is 20.7 Å². The van der Waals surface area contributed by atoms with Crippen LogP contribution in [-0.4, -0.2) is 107 Å². The molecule has 2 fully saturated rings. The molecule has 1 aromatic heterocycles. The number of nitrogens with one attached hydrogen (secondary N) is 2. The van der Waals surface area contributed by atoms with Crippen molar-refractivity contribution < 1.29 is 41.3 Å². The van der Waals surface area contributed by atoms with Gasteiger partial charge in [-0.15, -0.1) is 0 Å². The summed E-state index contributed by atoms with van der Waals surface area (Å²) in [5, 5.41) is 17.1. The molecule has 0 spiro atoms. The zero-order valence-electron chi connectivity index (χ0n) is 21.8. The fraction of sp³-hybridized carbons (Fsp3) is 0.417. The van der Waals surface area contributed by atoms with Crippen LogP contribution >= 0.6 is 15.9 Å². The molecule has 2 aromatic rings. The topological polar surface area (TPSA) is 141 Å². The van der Waals surface area contributed by atoms with Crippen molar-refractivity contribution in [2.75, 3.05) is 56.9 Å². The minimum Gasteiger partial charge on any atom is -0.387 e. The number of anilines is 2. The highest BCUT2D eigenvalue weighted by molar-refractivity contribution is 9.10. The number of nitro benzene ring substituents is 1. The zero-order valence-corrected chi connectivity index (χ0v) is 23.3. The number of carbonyl (C=O) groups excluding carboxylic acids is 3. The molecule has 2 saturated heterocycles. The fourth-order valence-corrected chi connectivity index (χ4v) is 5.08. The number of alkyl halides is 5. The molecule has 2 aliphatic rings. The number of carbonyl (C=O) groups is 3. The molecule has 2 N–H and O–H groups in total. The Morgan fingerprint density at radius 2 is 1.88 bits per heavy atom. The Bertz CT molecular complexity index is 1430. The first-order valence-electron chi connectivity index (χ1n) is 12.3. The van der Waals surface area contributed by atoms with Gasteiger partial charge in [0.05, 0.1) is 28.3 Å². The van der Waals surface area contributed by atoms with Crippen LogP contribution in [-0.2, 0) is 4.79 Å². The van der Waals surface area contributed by atoms with Gasteiger partial charge in [0.2, 0.25) is 5.91 Å². The lowest BCUT2D eigenvalue weighted by Gasteiger charge is -2.35. The molecule has 42 heavy (non-hydrogen) atoms. The second-order valence-electron chi connectivity index (χ2n) is 9.62. The number of aromatic nitrogens is 1. The molecule has 18 heteroatoms. The van der Waals surface area contributed by atoms with Crippen LogP contribution < -0.4 is 10.6 Å². The molecule has 0 aliphatic carbocycles. The van der Waals surface area contributed by atoms with Gasteiger partial charge in [0, 0.05) is 49.6 Å². The van der Waals surface area contributed by atoms with Crippen LogP contribution in [0.5, 0.6) is 0 Å². The van der Waals surface area contributed by atoms with Crippen LogP contribution in [0, 0.1) is 10.1 Å². The molecule has 0 saturated carbocycles. The summed E-state index contributed by atoms with van der Waals surface area (Å²) in [5.41, 5.74) is -1.30. The van der Waals surface area contributed by atoms with Crippen molar-refractivity contribution in [2.45, 2.75) is 18.1 Å². The zero-order chi connectivity index (χ0) is 31.0. The molecule has 0 bridgehead atoms. The molecule has 2 aliphatic heterocycles. The Labute approximate surface area is 243 Å². The molecule has 0 radical (unpaired) electrons. The van der Waals surface area contributed by atoms with E-state index < -0.39 is 90.4 Å². The Hall–Kier alpha value is -4.09. The number of nitro groups is 1. The maximum absolute atomic E-state index is 15.2. The molecule has 1 unspecified atom stereocenters. The number of likely N-dealkylation sites (tertiary alicyclic amines) is 1. The van der Waals surface area contributed by atoms with Gasteiger partial charge >= 0.3 is 6.18 Å². The number of halogens is 6. The number of rotatable bonds is 7. The van der Waals surface area contributed by atoms with Crippen molar-refractivity contribution in [3.63, 3.8) is 0 Å². The third-order valence-corrected chi connectivity index (χ3v) is 7.14. The molecule has 12 nitrogen and oxygen atoms in total. The van der Waals surface area contributed by atoms with Crippen LogP contribution in [0.25, 0.3) is 0 Å². The number of amides is 3. The Kier molecular flexibility index (Phi) is 8.56. The largest absolute Gasteiger partial charge is 0.406 e. The van der Waals surface area contributed by atoms with Gasteiger partial charge < -0.3 is 25.3 Å². The lowest BCUT2D eigenvalue weighted by molar-refractivity contribution is -0.384. The van der Waals surface area contributed by atoms with E-state index >= 15 is 8.78 Å². The minimum atomic E-state index is -4.65. The summed E-state index contributed by atoms with van der Waals surface area (Å²) in [6.07, 6.45) is -2.03. The van der Waals surface area contributed by atoms with E-state index in [-0.39, 0.29) is 16.6 Å². The van der Waals surface area contributed by atoms with Gasteiger partial charge in [0.1, 0.15) is 24.8 Å². The van der Waals surface area contributed by atoms with Crippen molar-refractivity contribution in [2.24, 2.45) is 0 Å². The van der Waals surface area contributed by atoms with E-state index in [1.54, 1.807) is 7.05 Å². The molecule has 3 amide bonds. The monoisotopic (exact) mass is 663 g/mol. The Balaban J connectivity index is 1.61. The lowest BCUT2D eigenvalue weighted by atomic mass is 10.1. The average Bonchev–Trinajstić information content (AvgIpc) is 3.22. The first-order valence-corrected chi connectivity index (χ1v) is 13.1. The van der Waals surface area contributed by atoms with E-state index in [0.29, 0.717) is 10.6 Å². The summed E-state index contributed by atoms with van der Waals surface area (Å²) < 4.78 is 68.7. The van der Waals surface area contributed by atoms with Gasteiger partial charge in [0.25, 0.3) is 23.4 Å². The standard InChI is InChI=1S/C24H23BrF5N7O5/c1-31-15-4-13(7-32-8-15)21(39)36-9-18(23(26,27)11-36)33-20-16(5-14(25)6-17(20)37(41)42)22(40)34-2-3-35(19(38)10-34)12-24(28,29)30/h4-8,18,31,33H,2-3,9-12H2,1H3. The predicted molar refractivity (Wildman–Crippen MR) is 141 cm³/mol. The molecule has 4 rings (SSSR count). The first kappa shape index (κ1) is 30.9. The number of hydrogen-bond donors (Lipinski definition) is 2. The van der Waals surface area contributed by atoms with E-state index in [4.69, 9.17) is 0 Å². The number of piperazine rings is 1. The number of benzene rings is 1. The highest BCUT2D eigenvalue weighted by atomic mass is 79.9. The molecular formula is C24H23BrF5N7O5. The van der Waals surface area contributed by atoms with Crippen molar-refractivity contribution >= 4 is 50.7 Å². The van der Waals surface area contributed by atoms with Gasteiger partial charge in [-0.1, -0.05) is 15.9 Å². The average molecular weight is 664 g/mol. The normalized spacial score (nSPS) is 18.7. The summed E-state index contributed by atoms with van der Waals surface area (Å²) >= 11 is 3.05. The third kappa shape index (κ3) is 6.69. The highest BCUT2D eigenvalue weighted by Gasteiger charge is 2.51. The van der Waals surface area contributed by atoms with Crippen molar-refractivity contribution in [1.82, 2.24) is 19.7 Å². The van der Waals surface area contributed by atoms with Crippen molar-refractivity contribution in [3.05, 3.63) is 56.3 Å². The van der Waals surface area contributed by atoms with Gasteiger partial charge in [-0.2, -0.15) is 13.2 Å². The maximum atomic E-state index is 15.2. The molecule has 1 aromatic carbocycles. The van der Waals surface area contributed by atoms with Crippen molar-refractivity contribution in [3.8, 4) is 0 Å². The van der Waals surface area contributed by atoms with E-state index in [2.05, 4.69) is 31.5 Å². The van der Waals surface area contributed by atoms with Gasteiger partial charge in [-0.3, -0.25) is 29.5 Å². The van der Waals surface area contributed by atoms with Gasteiger partial charge in [0.15, 0.2) is 0 Å². The Morgan fingerprint density at radius 1 is 1.17 bits per heavy atom. The molecule has 3 heterocycles.